The molecule has 0 bridgehead atoms. The summed E-state index contributed by atoms with van der Waals surface area (Å²) in [5.74, 6) is 0.0276. The highest BCUT2D eigenvalue weighted by atomic mass is 16.5. The van der Waals surface area contributed by atoms with Crippen LogP contribution in [0.4, 0.5) is 5.69 Å². The number of hydrogen-bond donors (Lipinski definition) is 1. The predicted octanol–water partition coefficient (Wildman–Crippen LogP) is 5.90. The Kier molecular flexibility index (Phi) is 7.82. The van der Waals surface area contributed by atoms with Crippen molar-refractivity contribution < 1.29 is 28.9 Å². The normalized spacial score (nSPS) is 16.8. The van der Waals surface area contributed by atoms with Crippen LogP contribution in [0.2, 0.25) is 0 Å². The quantitative estimate of drug-likeness (QED) is 0.223. The number of aliphatic hydroxyl groups excluding tert-OH is 1. The fourth-order valence-corrected chi connectivity index (χ4v) is 4.29. The molecule has 1 aliphatic heterocycles. The molecule has 7 heteroatoms. The molecular formula is C30H31NO6. The number of rotatable bonds is 9. The number of carbonyl (C=O) groups is 2. The molecule has 4 rings (SSSR count). The summed E-state index contributed by atoms with van der Waals surface area (Å²) in [6.07, 6.45) is 0.808. The SMILES string of the molecule is CCCOc1ccc(/C(O)=C2\C(=O)C(=O)N(c3cccc(OC)c3)C2c2cccc(OC(C)C)c2)cc1. The van der Waals surface area contributed by atoms with E-state index in [2.05, 4.69) is 0 Å². The fraction of sp³-hybridized carbons (Fsp3) is 0.267. The van der Waals surface area contributed by atoms with Crippen LogP contribution in [0.15, 0.2) is 78.4 Å². The third-order valence-electron chi connectivity index (χ3n) is 5.92. The second-order valence-electron chi connectivity index (χ2n) is 8.98. The molecule has 1 heterocycles. The van der Waals surface area contributed by atoms with Crippen LogP contribution in [0.25, 0.3) is 5.76 Å². The third-order valence-corrected chi connectivity index (χ3v) is 5.92. The van der Waals surface area contributed by atoms with Gasteiger partial charge in [0.2, 0.25) is 0 Å². The number of methoxy groups -OCH3 is 1. The lowest BCUT2D eigenvalue weighted by atomic mass is 9.95. The highest BCUT2D eigenvalue weighted by molar-refractivity contribution is 6.51. The van der Waals surface area contributed by atoms with Gasteiger partial charge in [-0.25, -0.2) is 0 Å². The van der Waals surface area contributed by atoms with Gasteiger partial charge in [0.1, 0.15) is 23.0 Å². The van der Waals surface area contributed by atoms with Crippen LogP contribution in [-0.4, -0.2) is 36.6 Å². The molecule has 0 aliphatic carbocycles. The van der Waals surface area contributed by atoms with Gasteiger partial charge in [-0.1, -0.05) is 25.1 Å². The highest BCUT2D eigenvalue weighted by Gasteiger charge is 2.47. The first-order chi connectivity index (χ1) is 17.8. The molecule has 0 spiro atoms. The van der Waals surface area contributed by atoms with Crippen molar-refractivity contribution >= 4 is 23.1 Å². The van der Waals surface area contributed by atoms with Crippen LogP contribution in [0, 0.1) is 0 Å². The van der Waals surface area contributed by atoms with Gasteiger partial charge in [0, 0.05) is 17.3 Å². The van der Waals surface area contributed by atoms with Gasteiger partial charge in [0.15, 0.2) is 0 Å². The lowest BCUT2D eigenvalue weighted by Crippen LogP contribution is -2.29. The molecule has 7 nitrogen and oxygen atoms in total. The number of ketones is 1. The summed E-state index contributed by atoms with van der Waals surface area (Å²) in [4.78, 5) is 28.2. The molecule has 1 fully saturated rings. The first-order valence-electron chi connectivity index (χ1n) is 12.3. The van der Waals surface area contributed by atoms with Gasteiger partial charge in [-0.2, -0.15) is 0 Å². The summed E-state index contributed by atoms with van der Waals surface area (Å²) in [6.45, 7) is 6.43. The van der Waals surface area contributed by atoms with Crippen molar-refractivity contribution in [3.63, 3.8) is 0 Å². The zero-order valence-corrected chi connectivity index (χ0v) is 21.4. The Balaban J connectivity index is 1.86. The molecule has 3 aromatic carbocycles. The van der Waals surface area contributed by atoms with Crippen LogP contribution in [0.3, 0.4) is 0 Å². The van der Waals surface area contributed by atoms with Crippen molar-refractivity contribution in [2.75, 3.05) is 18.6 Å². The van der Waals surface area contributed by atoms with Gasteiger partial charge in [-0.3, -0.25) is 14.5 Å². The number of hydrogen-bond acceptors (Lipinski definition) is 6. The van der Waals surface area contributed by atoms with Crippen LogP contribution in [0.5, 0.6) is 17.2 Å². The average molecular weight is 502 g/mol. The minimum absolute atomic E-state index is 0.00302. The van der Waals surface area contributed by atoms with Crippen LogP contribution in [-0.2, 0) is 9.59 Å². The Bertz CT molecular complexity index is 1310. The fourth-order valence-electron chi connectivity index (χ4n) is 4.29. The number of aliphatic hydroxyl groups is 1. The molecule has 1 saturated heterocycles. The summed E-state index contributed by atoms with van der Waals surface area (Å²) in [7, 11) is 1.53. The second kappa shape index (κ2) is 11.2. The number of carbonyl (C=O) groups excluding carboxylic acids is 2. The topological polar surface area (TPSA) is 85.3 Å². The zero-order chi connectivity index (χ0) is 26.5. The number of Topliss-reactive ketones (excluding diaryl/α,β-unsaturated/α-hetero) is 1. The molecule has 0 radical (unpaired) electrons. The molecule has 1 atom stereocenters. The average Bonchev–Trinajstić information content (AvgIpc) is 3.17. The molecule has 3 aromatic rings. The highest BCUT2D eigenvalue weighted by Crippen LogP contribution is 2.43. The number of nitrogens with zero attached hydrogens (tertiary/aromatic N) is 1. The second-order valence-corrected chi connectivity index (χ2v) is 8.98. The maximum atomic E-state index is 13.4. The van der Waals surface area contributed by atoms with Gasteiger partial charge in [-0.05, 0) is 74.4 Å². The molecular weight excluding hydrogens is 470 g/mol. The number of amides is 1. The minimum atomic E-state index is -0.876. The minimum Gasteiger partial charge on any atom is -0.507 e. The maximum Gasteiger partial charge on any atom is 0.300 e. The maximum absolute atomic E-state index is 13.4. The van der Waals surface area contributed by atoms with E-state index in [4.69, 9.17) is 14.2 Å². The Morgan fingerprint density at radius 1 is 0.946 bits per heavy atom. The lowest BCUT2D eigenvalue weighted by Gasteiger charge is -2.26. The van der Waals surface area contributed by atoms with E-state index in [1.165, 1.54) is 12.0 Å². The van der Waals surface area contributed by atoms with Crippen molar-refractivity contribution in [2.24, 2.45) is 0 Å². The van der Waals surface area contributed by atoms with Crippen molar-refractivity contribution in [2.45, 2.75) is 39.3 Å². The van der Waals surface area contributed by atoms with E-state index in [0.29, 0.717) is 40.7 Å². The molecule has 37 heavy (non-hydrogen) atoms. The van der Waals surface area contributed by atoms with Gasteiger partial charge < -0.3 is 19.3 Å². The predicted molar refractivity (Wildman–Crippen MR) is 142 cm³/mol. The molecule has 1 amide bonds. The largest absolute Gasteiger partial charge is 0.507 e. The standard InChI is InChI=1S/C30H31NO6/c1-5-16-36-23-14-12-20(13-15-23)28(32)26-27(21-8-6-11-25(17-21)37-19(2)3)31(30(34)29(26)33)22-9-7-10-24(18-22)35-4/h6-15,17-19,27,32H,5,16H2,1-4H3/b28-26+. The monoisotopic (exact) mass is 501 g/mol. The Morgan fingerprint density at radius 2 is 1.65 bits per heavy atom. The molecule has 1 unspecified atom stereocenters. The molecule has 1 aliphatic rings. The first kappa shape index (κ1) is 25.8. The Morgan fingerprint density at radius 3 is 2.32 bits per heavy atom. The number of anilines is 1. The van der Waals surface area contributed by atoms with E-state index in [9.17, 15) is 14.7 Å². The lowest BCUT2D eigenvalue weighted by molar-refractivity contribution is -0.132. The van der Waals surface area contributed by atoms with Crippen LogP contribution in [0.1, 0.15) is 44.4 Å². The van der Waals surface area contributed by atoms with Crippen molar-refractivity contribution in [1.29, 1.82) is 0 Å². The van der Waals surface area contributed by atoms with E-state index in [1.54, 1.807) is 60.7 Å². The smallest absolute Gasteiger partial charge is 0.300 e. The van der Waals surface area contributed by atoms with Gasteiger partial charge in [0.25, 0.3) is 11.7 Å². The zero-order valence-electron chi connectivity index (χ0n) is 21.4. The van der Waals surface area contributed by atoms with Crippen molar-refractivity contribution in [1.82, 2.24) is 0 Å². The van der Waals surface area contributed by atoms with Crippen molar-refractivity contribution in [3.05, 3.63) is 89.5 Å². The number of ether oxygens (including phenoxy) is 3. The van der Waals surface area contributed by atoms with E-state index >= 15 is 0 Å². The summed E-state index contributed by atoms with van der Waals surface area (Å²) >= 11 is 0. The van der Waals surface area contributed by atoms with E-state index in [1.807, 2.05) is 32.9 Å². The Labute approximate surface area is 216 Å². The molecule has 192 valence electrons. The van der Waals surface area contributed by atoms with E-state index < -0.39 is 17.7 Å². The van der Waals surface area contributed by atoms with E-state index in [0.717, 1.165) is 6.42 Å². The van der Waals surface area contributed by atoms with Gasteiger partial charge >= 0.3 is 0 Å². The van der Waals surface area contributed by atoms with Gasteiger partial charge in [-0.15, -0.1) is 0 Å². The molecule has 1 N–H and O–H groups in total. The van der Waals surface area contributed by atoms with Crippen molar-refractivity contribution in [3.8, 4) is 17.2 Å². The van der Waals surface area contributed by atoms with E-state index in [-0.39, 0.29) is 17.4 Å². The summed E-state index contributed by atoms with van der Waals surface area (Å²) in [5.41, 5.74) is 1.51. The summed E-state index contributed by atoms with van der Waals surface area (Å²) in [6, 6.07) is 20.1. The van der Waals surface area contributed by atoms with Crippen LogP contribution < -0.4 is 19.1 Å². The molecule has 0 aromatic heterocycles. The Hall–Kier alpha value is -4.26. The number of benzene rings is 3. The van der Waals surface area contributed by atoms with Gasteiger partial charge in [0.05, 0.1) is 31.4 Å². The molecule has 0 saturated carbocycles. The summed E-state index contributed by atoms with van der Waals surface area (Å²) in [5, 5.41) is 11.4. The summed E-state index contributed by atoms with van der Waals surface area (Å²) < 4.78 is 16.9. The van der Waals surface area contributed by atoms with Crippen LogP contribution >= 0.6 is 0 Å². The first-order valence-corrected chi connectivity index (χ1v) is 12.3. The third kappa shape index (κ3) is 5.45.